The summed E-state index contributed by atoms with van der Waals surface area (Å²) < 4.78 is 2.40. The van der Waals surface area contributed by atoms with Gasteiger partial charge in [-0.05, 0) is 23.6 Å². The third kappa shape index (κ3) is 1.83. The molecule has 4 aromatic carbocycles. The fourth-order valence-electron chi connectivity index (χ4n) is 3.75. The standard InChI is InChI=1S/C22H16BN/c23-16-12-13-22-19(14-16)18-9-3-4-10-21(18)24(22)20-11-5-7-15-6-1-2-8-17(15)20/h1-14H,23H2. The molecule has 0 saturated carbocycles. The zero-order valence-electron chi connectivity index (χ0n) is 13.5. The molecular formula is C22H16BN. The first-order valence-corrected chi connectivity index (χ1v) is 8.31. The van der Waals surface area contributed by atoms with E-state index in [1.54, 1.807) is 0 Å². The zero-order valence-corrected chi connectivity index (χ0v) is 13.5. The molecule has 0 unspecified atom stereocenters. The minimum absolute atomic E-state index is 1.24. The second-order valence-electron chi connectivity index (χ2n) is 6.37. The molecule has 24 heavy (non-hydrogen) atoms. The molecule has 0 aliphatic carbocycles. The minimum atomic E-state index is 1.24. The lowest BCUT2D eigenvalue weighted by molar-refractivity contribution is 1.20. The van der Waals surface area contributed by atoms with Gasteiger partial charge >= 0.3 is 0 Å². The van der Waals surface area contributed by atoms with Gasteiger partial charge in [-0.1, -0.05) is 72.2 Å². The van der Waals surface area contributed by atoms with Crippen LogP contribution in [0.2, 0.25) is 0 Å². The van der Waals surface area contributed by atoms with Gasteiger partial charge in [-0.25, -0.2) is 0 Å². The summed E-state index contributed by atoms with van der Waals surface area (Å²) >= 11 is 0. The van der Waals surface area contributed by atoms with Crippen molar-refractivity contribution in [1.29, 1.82) is 0 Å². The molecule has 5 rings (SSSR count). The lowest BCUT2D eigenvalue weighted by Gasteiger charge is -2.11. The lowest BCUT2D eigenvalue weighted by atomic mass is 9.94. The van der Waals surface area contributed by atoms with E-state index in [2.05, 4.69) is 97.3 Å². The quantitative estimate of drug-likeness (QED) is 0.409. The first kappa shape index (κ1) is 13.4. The van der Waals surface area contributed by atoms with E-state index < -0.39 is 0 Å². The highest BCUT2D eigenvalue weighted by atomic mass is 15.0. The largest absolute Gasteiger partial charge is 0.309 e. The highest BCUT2D eigenvalue weighted by Gasteiger charge is 2.13. The Kier molecular flexibility index (Phi) is 2.80. The smallest absolute Gasteiger partial charge is 0.139 e. The van der Waals surface area contributed by atoms with Crippen LogP contribution in [0.3, 0.4) is 0 Å². The first-order valence-electron chi connectivity index (χ1n) is 8.31. The van der Waals surface area contributed by atoms with Gasteiger partial charge in [0.05, 0.1) is 16.7 Å². The Morgan fingerprint density at radius 3 is 2.21 bits per heavy atom. The van der Waals surface area contributed by atoms with Crippen LogP contribution < -0.4 is 5.46 Å². The van der Waals surface area contributed by atoms with Crippen LogP contribution in [0.1, 0.15) is 0 Å². The van der Waals surface area contributed by atoms with E-state index in [4.69, 9.17) is 0 Å². The van der Waals surface area contributed by atoms with Crippen molar-refractivity contribution in [1.82, 2.24) is 4.57 Å². The summed E-state index contributed by atoms with van der Waals surface area (Å²) in [7, 11) is 2.16. The summed E-state index contributed by atoms with van der Waals surface area (Å²) in [5.74, 6) is 0. The Morgan fingerprint density at radius 1 is 0.583 bits per heavy atom. The van der Waals surface area contributed by atoms with Crippen LogP contribution in [0.25, 0.3) is 38.3 Å². The normalized spacial score (nSPS) is 11.5. The molecule has 0 atom stereocenters. The Hall–Kier alpha value is -3.00. The van der Waals surface area contributed by atoms with Crippen LogP contribution in [0.5, 0.6) is 0 Å². The van der Waals surface area contributed by atoms with Crippen LogP contribution in [0, 0.1) is 0 Å². The third-order valence-electron chi connectivity index (χ3n) is 4.84. The molecule has 5 aromatic rings. The van der Waals surface area contributed by atoms with Crippen LogP contribution in [0.4, 0.5) is 0 Å². The van der Waals surface area contributed by atoms with Crippen LogP contribution in [0.15, 0.2) is 84.9 Å². The molecule has 1 heterocycles. The van der Waals surface area contributed by atoms with Crippen molar-refractivity contribution < 1.29 is 0 Å². The average Bonchev–Trinajstić information content (AvgIpc) is 2.95. The van der Waals surface area contributed by atoms with Crippen molar-refractivity contribution in [3.05, 3.63) is 84.9 Å². The number of hydrogen-bond donors (Lipinski definition) is 0. The van der Waals surface area contributed by atoms with E-state index in [0.717, 1.165) is 0 Å². The van der Waals surface area contributed by atoms with E-state index in [9.17, 15) is 0 Å². The highest BCUT2D eigenvalue weighted by Crippen LogP contribution is 2.33. The van der Waals surface area contributed by atoms with E-state index in [1.807, 2.05) is 0 Å². The van der Waals surface area contributed by atoms with Gasteiger partial charge in [0.25, 0.3) is 0 Å². The summed E-state index contributed by atoms with van der Waals surface area (Å²) in [6.45, 7) is 0. The topological polar surface area (TPSA) is 4.93 Å². The van der Waals surface area contributed by atoms with E-state index in [1.165, 1.54) is 43.7 Å². The number of fused-ring (bicyclic) bond motifs is 4. The molecule has 0 saturated heterocycles. The van der Waals surface area contributed by atoms with Gasteiger partial charge in [0.2, 0.25) is 0 Å². The van der Waals surface area contributed by atoms with E-state index >= 15 is 0 Å². The zero-order chi connectivity index (χ0) is 16.1. The Bertz CT molecular complexity index is 1210. The van der Waals surface area contributed by atoms with Crippen LogP contribution >= 0.6 is 0 Å². The maximum Gasteiger partial charge on any atom is 0.139 e. The van der Waals surface area contributed by atoms with Crippen LogP contribution in [-0.4, -0.2) is 12.4 Å². The fraction of sp³-hybridized carbons (Fsp3) is 0. The highest BCUT2D eigenvalue weighted by molar-refractivity contribution is 6.34. The number of benzene rings is 4. The van der Waals surface area contributed by atoms with E-state index in [-0.39, 0.29) is 0 Å². The van der Waals surface area contributed by atoms with Crippen molar-refractivity contribution in [3.63, 3.8) is 0 Å². The number of para-hydroxylation sites is 1. The van der Waals surface area contributed by atoms with Crippen molar-refractivity contribution in [3.8, 4) is 5.69 Å². The molecule has 1 aromatic heterocycles. The number of aromatic nitrogens is 1. The summed E-state index contributed by atoms with van der Waals surface area (Å²) in [6.07, 6.45) is 0. The molecule has 112 valence electrons. The second kappa shape index (κ2) is 5.00. The van der Waals surface area contributed by atoms with Gasteiger partial charge in [-0.2, -0.15) is 0 Å². The van der Waals surface area contributed by atoms with Crippen molar-refractivity contribution >= 4 is 45.9 Å². The second-order valence-corrected chi connectivity index (χ2v) is 6.37. The Balaban J connectivity index is 2.01. The molecule has 0 spiro atoms. The van der Waals surface area contributed by atoms with Crippen molar-refractivity contribution in [2.24, 2.45) is 0 Å². The molecule has 0 aliphatic heterocycles. The molecule has 0 amide bonds. The molecule has 0 bridgehead atoms. The first-order chi connectivity index (χ1) is 11.8. The maximum absolute atomic E-state index is 2.40. The summed E-state index contributed by atoms with van der Waals surface area (Å²) in [4.78, 5) is 0. The molecule has 1 nitrogen and oxygen atoms in total. The number of rotatable bonds is 1. The molecule has 0 radical (unpaired) electrons. The number of hydrogen-bond acceptors (Lipinski definition) is 0. The maximum atomic E-state index is 2.40. The molecule has 0 N–H and O–H groups in total. The fourth-order valence-corrected chi connectivity index (χ4v) is 3.75. The molecule has 0 fully saturated rings. The third-order valence-corrected chi connectivity index (χ3v) is 4.84. The Morgan fingerprint density at radius 2 is 1.29 bits per heavy atom. The predicted octanol–water partition coefficient (Wildman–Crippen LogP) is 4.20. The monoisotopic (exact) mass is 305 g/mol. The average molecular weight is 305 g/mol. The van der Waals surface area contributed by atoms with Gasteiger partial charge < -0.3 is 4.57 Å². The predicted molar refractivity (Wildman–Crippen MR) is 106 cm³/mol. The van der Waals surface area contributed by atoms with E-state index in [0.29, 0.717) is 0 Å². The molecular weight excluding hydrogens is 289 g/mol. The van der Waals surface area contributed by atoms with Gasteiger partial charge in [0, 0.05) is 16.2 Å². The minimum Gasteiger partial charge on any atom is -0.309 e. The van der Waals surface area contributed by atoms with Crippen molar-refractivity contribution in [2.45, 2.75) is 0 Å². The summed E-state index contributed by atoms with van der Waals surface area (Å²) in [6, 6.07) is 30.5. The SMILES string of the molecule is Bc1ccc2c(c1)c1ccccc1n2-c1cccc2ccccc12. The lowest BCUT2D eigenvalue weighted by Crippen LogP contribution is -2.00. The van der Waals surface area contributed by atoms with Crippen LogP contribution in [-0.2, 0) is 0 Å². The molecule has 0 aliphatic rings. The number of nitrogens with zero attached hydrogens (tertiary/aromatic N) is 1. The van der Waals surface area contributed by atoms with Gasteiger partial charge in [-0.3, -0.25) is 0 Å². The van der Waals surface area contributed by atoms with Gasteiger partial charge in [0.1, 0.15) is 7.85 Å². The summed E-state index contributed by atoms with van der Waals surface area (Å²) in [5.41, 5.74) is 5.05. The van der Waals surface area contributed by atoms with Crippen molar-refractivity contribution in [2.75, 3.05) is 0 Å². The van der Waals surface area contributed by atoms with Gasteiger partial charge in [0.15, 0.2) is 0 Å². The summed E-state index contributed by atoms with van der Waals surface area (Å²) in [5, 5.41) is 5.18. The van der Waals surface area contributed by atoms with Gasteiger partial charge in [-0.15, -0.1) is 0 Å². The Labute approximate surface area is 141 Å². The molecule has 2 heteroatoms.